The van der Waals surface area contributed by atoms with Gasteiger partial charge in [0.05, 0.1) is 37.0 Å². The third-order valence-corrected chi connectivity index (χ3v) is 10.1. The number of phenolic OH excluding ortho intramolecular Hbond substituents is 1. The molecule has 0 saturated heterocycles. The van der Waals surface area contributed by atoms with Gasteiger partial charge in [-0.15, -0.1) is 0 Å². The molecule has 0 aliphatic heterocycles. The van der Waals surface area contributed by atoms with Crippen LogP contribution in [-0.4, -0.2) is 34.3 Å². The number of ketones is 1. The maximum Gasteiger partial charge on any atom is 0.192 e. The molecule has 4 N–H and O–H groups in total. The van der Waals surface area contributed by atoms with Gasteiger partial charge in [0.1, 0.15) is 5.78 Å². The lowest BCUT2D eigenvalue weighted by atomic mass is 9.78. The number of hydrogen-bond donors (Lipinski definition) is 4. The molecule has 0 bridgehead atoms. The lowest BCUT2D eigenvalue weighted by Crippen LogP contribution is -2.20. The Morgan fingerprint density at radius 1 is 0.933 bits per heavy atom. The molecule has 8 heteroatoms. The van der Waals surface area contributed by atoms with E-state index >= 15 is 0 Å². The number of fused-ring (bicyclic) bond motifs is 1. The molecule has 5 aromatic carbocycles. The number of carbonyl (C=O) groups excluding carboxylic acids is 1. The van der Waals surface area contributed by atoms with Crippen LogP contribution in [0.2, 0.25) is 0 Å². The van der Waals surface area contributed by atoms with E-state index in [2.05, 4.69) is 5.32 Å². The Kier molecular flexibility index (Phi) is 6.98. The third kappa shape index (κ3) is 3.95. The van der Waals surface area contributed by atoms with E-state index in [1.807, 2.05) is 26.0 Å². The number of rotatable bonds is 8. The predicted molar refractivity (Wildman–Crippen MR) is 178 cm³/mol. The minimum atomic E-state index is -0.823. The van der Waals surface area contributed by atoms with E-state index in [1.54, 1.807) is 0 Å². The van der Waals surface area contributed by atoms with Crippen molar-refractivity contribution in [3.8, 4) is 11.5 Å². The summed E-state index contributed by atoms with van der Waals surface area (Å²) in [6.07, 6.45) is 7.26. The SMILES string of the molecule is CCCc1c2c3c4c(c(OC)c(O)c5c(=O)cc(CO)c(c6c(CO)cc(NC7CCCC7)c(c1=O)c63)c54)C(C(C)=O)C(C)=C2. The van der Waals surface area contributed by atoms with Crippen LogP contribution in [-0.2, 0) is 24.4 Å². The van der Waals surface area contributed by atoms with Gasteiger partial charge in [0.15, 0.2) is 22.4 Å². The standard InChI is InChI=1S/C37H37NO7/c1-5-8-21-22-11-16(2)25(17(3)41)34-33-28(22)31-26(18(14-39)12-23(29(31)35(21)43)38-20-9-6-7-10-20)27-19(15-40)13-24(42)30(32(27)33)36(44)37(34)45-4/h11-13,20,25,38-40,44H,5-10,14-15H2,1-4H3. The summed E-state index contributed by atoms with van der Waals surface area (Å²) in [6, 6.07) is 3.33. The van der Waals surface area contributed by atoms with Crippen molar-refractivity contribution in [2.24, 2.45) is 0 Å². The quantitative estimate of drug-likeness (QED) is 0.125. The number of allylic oxidation sites excluding steroid dienone is 1. The molecular weight excluding hydrogens is 570 g/mol. The van der Waals surface area contributed by atoms with Gasteiger partial charge in [0.25, 0.3) is 0 Å². The molecule has 232 valence electrons. The van der Waals surface area contributed by atoms with Crippen molar-refractivity contribution in [1.29, 1.82) is 0 Å². The Morgan fingerprint density at radius 2 is 1.58 bits per heavy atom. The number of carbonyl (C=O) groups is 1. The fourth-order valence-corrected chi connectivity index (χ4v) is 8.41. The summed E-state index contributed by atoms with van der Waals surface area (Å²) in [4.78, 5) is 42.0. The van der Waals surface area contributed by atoms with Crippen LogP contribution in [0, 0.1) is 0 Å². The van der Waals surface area contributed by atoms with E-state index in [-0.39, 0.29) is 40.7 Å². The van der Waals surface area contributed by atoms with Gasteiger partial charge in [0.2, 0.25) is 0 Å². The number of aliphatic hydroxyl groups is 2. The van der Waals surface area contributed by atoms with Crippen LogP contribution in [0.1, 0.15) is 86.6 Å². The maximum atomic E-state index is 14.8. The Bertz CT molecular complexity index is 2210. The number of hydrogen-bond acceptors (Lipinski definition) is 8. The lowest BCUT2D eigenvalue weighted by molar-refractivity contribution is -0.117. The van der Waals surface area contributed by atoms with Crippen LogP contribution in [0.5, 0.6) is 11.5 Å². The molecule has 0 spiro atoms. The molecule has 0 aromatic heterocycles. The molecule has 1 atom stereocenters. The van der Waals surface area contributed by atoms with Crippen molar-refractivity contribution in [2.45, 2.75) is 84.5 Å². The first-order valence-electron chi connectivity index (χ1n) is 15.8. The van der Waals surface area contributed by atoms with Crippen molar-refractivity contribution in [2.75, 3.05) is 12.4 Å². The highest BCUT2D eigenvalue weighted by Crippen LogP contribution is 2.55. The van der Waals surface area contributed by atoms with Crippen molar-refractivity contribution in [1.82, 2.24) is 0 Å². The average Bonchev–Trinajstić information content (AvgIpc) is 3.48. The van der Waals surface area contributed by atoms with Crippen LogP contribution < -0.4 is 20.9 Å². The van der Waals surface area contributed by atoms with E-state index in [0.29, 0.717) is 89.6 Å². The van der Waals surface area contributed by atoms with Crippen molar-refractivity contribution in [3.05, 3.63) is 66.0 Å². The largest absolute Gasteiger partial charge is 0.504 e. The molecular formula is C37H37NO7. The summed E-state index contributed by atoms with van der Waals surface area (Å²) < 4.78 is 5.82. The van der Waals surface area contributed by atoms with Crippen LogP contribution in [0.15, 0.2) is 27.3 Å². The normalized spacial score (nSPS) is 16.8. The molecule has 1 saturated carbocycles. The molecule has 2 aliphatic carbocycles. The molecule has 0 radical (unpaired) electrons. The number of nitrogens with one attached hydrogen (secondary N) is 1. The second-order valence-corrected chi connectivity index (χ2v) is 12.8. The number of anilines is 1. The monoisotopic (exact) mass is 607 g/mol. The summed E-state index contributed by atoms with van der Waals surface area (Å²) in [6.45, 7) is 4.51. The van der Waals surface area contributed by atoms with Crippen molar-refractivity contribution < 1.29 is 24.9 Å². The summed E-state index contributed by atoms with van der Waals surface area (Å²) in [7, 11) is 1.41. The zero-order valence-electron chi connectivity index (χ0n) is 26.0. The highest BCUT2D eigenvalue weighted by molar-refractivity contribution is 6.39. The molecule has 2 aliphatic rings. The highest BCUT2D eigenvalue weighted by Gasteiger charge is 2.36. The Hall–Kier alpha value is -4.27. The number of ether oxygens (including phenoxy) is 1. The summed E-state index contributed by atoms with van der Waals surface area (Å²) in [5.74, 6) is -1.33. The van der Waals surface area contributed by atoms with Gasteiger partial charge in [-0.3, -0.25) is 14.4 Å². The Morgan fingerprint density at radius 3 is 2.18 bits per heavy atom. The van der Waals surface area contributed by atoms with Gasteiger partial charge in [-0.25, -0.2) is 0 Å². The first-order valence-corrected chi connectivity index (χ1v) is 15.8. The number of phenols is 1. The van der Waals surface area contributed by atoms with Crippen LogP contribution in [0.25, 0.3) is 49.2 Å². The average molecular weight is 608 g/mol. The number of Topliss-reactive ketones (excluding diaryl/α,β-unsaturated/α-hetero) is 1. The first kappa shape index (κ1) is 29.4. The number of methoxy groups -OCH3 is 1. The summed E-state index contributed by atoms with van der Waals surface area (Å²) in [5, 5.41) is 40.7. The smallest absolute Gasteiger partial charge is 0.192 e. The summed E-state index contributed by atoms with van der Waals surface area (Å²) in [5.41, 5.74) is 3.33. The first-order chi connectivity index (χ1) is 21.7. The zero-order valence-corrected chi connectivity index (χ0v) is 26.0. The predicted octanol–water partition coefficient (Wildman–Crippen LogP) is 5.99. The fraction of sp³-hybridized carbons (Fsp3) is 0.378. The second-order valence-electron chi connectivity index (χ2n) is 12.8. The van der Waals surface area contributed by atoms with Crippen LogP contribution >= 0.6 is 0 Å². The molecule has 7 rings (SSSR count). The van der Waals surface area contributed by atoms with Gasteiger partial charge in [-0.2, -0.15) is 0 Å². The number of aromatic hydroxyl groups is 1. The van der Waals surface area contributed by atoms with E-state index in [1.165, 1.54) is 20.1 Å². The highest BCUT2D eigenvalue weighted by atomic mass is 16.5. The zero-order chi connectivity index (χ0) is 31.9. The molecule has 5 aromatic rings. The van der Waals surface area contributed by atoms with Crippen molar-refractivity contribution in [3.63, 3.8) is 0 Å². The molecule has 1 fully saturated rings. The van der Waals surface area contributed by atoms with E-state index in [4.69, 9.17) is 4.74 Å². The van der Waals surface area contributed by atoms with Gasteiger partial charge in [-0.1, -0.05) is 37.8 Å². The van der Waals surface area contributed by atoms with Crippen LogP contribution in [0.4, 0.5) is 5.69 Å². The Balaban J connectivity index is 1.91. The lowest BCUT2D eigenvalue weighted by Gasteiger charge is -2.26. The van der Waals surface area contributed by atoms with Gasteiger partial charge >= 0.3 is 0 Å². The van der Waals surface area contributed by atoms with E-state index in [0.717, 1.165) is 25.7 Å². The van der Waals surface area contributed by atoms with E-state index < -0.39 is 18.0 Å². The maximum absolute atomic E-state index is 14.8. The molecule has 0 heterocycles. The molecule has 1 unspecified atom stereocenters. The minimum absolute atomic E-state index is 0.0182. The fourth-order valence-electron chi connectivity index (χ4n) is 8.41. The van der Waals surface area contributed by atoms with E-state index in [9.17, 15) is 29.7 Å². The Labute approximate surface area is 259 Å². The van der Waals surface area contributed by atoms with Crippen molar-refractivity contribution >= 4 is 60.6 Å². The second kappa shape index (κ2) is 10.7. The third-order valence-electron chi connectivity index (χ3n) is 10.1. The van der Waals surface area contributed by atoms with Gasteiger partial charge in [-0.05, 0) is 83.5 Å². The van der Waals surface area contributed by atoms with Gasteiger partial charge in [0, 0.05) is 33.6 Å². The number of benzene rings is 5. The molecule has 45 heavy (non-hydrogen) atoms. The van der Waals surface area contributed by atoms with Crippen LogP contribution in [0.3, 0.4) is 0 Å². The topological polar surface area (TPSA) is 133 Å². The minimum Gasteiger partial charge on any atom is -0.504 e. The van der Waals surface area contributed by atoms with Gasteiger partial charge < -0.3 is 25.4 Å². The summed E-state index contributed by atoms with van der Waals surface area (Å²) >= 11 is 0. The number of aliphatic hydroxyl groups excluding tert-OH is 2. The molecule has 8 nitrogen and oxygen atoms in total. The molecule has 0 amide bonds.